The van der Waals surface area contributed by atoms with Gasteiger partial charge in [0.05, 0.1) is 44.2 Å². The van der Waals surface area contributed by atoms with Crippen LogP contribution in [0.5, 0.6) is 11.5 Å². The van der Waals surface area contributed by atoms with E-state index in [1.165, 1.54) is 14.2 Å². The number of anilines is 1. The summed E-state index contributed by atoms with van der Waals surface area (Å²) in [6, 6.07) is 5.99. The number of aromatic nitrogens is 6. The number of ether oxygens (including phenoxy) is 2. The van der Waals surface area contributed by atoms with Crippen LogP contribution in [0.3, 0.4) is 0 Å². The molecule has 17 heteroatoms. The summed E-state index contributed by atoms with van der Waals surface area (Å²) >= 11 is 0. The van der Waals surface area contributed by atoms with E-state index in [9.17, 15) is 22.8 Å². The SMILES string of the molecule is COc1cnccc1-c1cc(C2=CCCN(C(=O)CCn3ccnn3)C2)c(F)c2[nH]c(C(=O)N3CCN(c4ncc(C(F)(F)F)cc4OC)CC3)cc12. The van der Waals surface area contributed by atoms with Gasteiger partial charge in [-0.2, -0.15) is 13.2 Å². The van der Waals surface area contributed by atoms with Crippen molar-refractivity contribution in [2.75, 3.05) is 58.4 Å². The Morgan fingerprint density at radius 1 is 0.925 bits per heavy atom. The van der Waals surface area contributed by atoms with E-state index < -0.39 is 17.6 Å². The number of methoxy groups -OCH3 is 2. The Balaban J connectivity index is 1.16. The Bertz CT molecular complexity index is 2180. The molecule has 1 saturated heterocycles. The highest BCUT2D eigenvalue weighted by Crippen LogP contribution is 2.40. The molecule has 2 amide bonds. The van der Waals surface area contributed by atoms with Gasteiger partial charge >= 0.3 is 6.18 Å². The predicted octanol–water partition coefficient (Wildman–Crippen LogP) is 5.06. The fraction of sp³-hybridized carbons (Fsp3) is 0.333. The number of halogens is 4. The molecule has 6 heterocycles. The summed E-state index contributed by atoms with van der Waals surface area (Å²) in [7, 11) is 2.79. The third kappa shape index (κ3) is 7.10. The summed E-state index contributed by atoms with van der Waals surface area (Å²) in [5, 5.41) is 8.14. The highest BCUT2D eigenvalue weighted by molar-refractivity contribution is 6.05. The molecule has 276 valence electrons. The maximum atomic E-state index is 16.7. The number of hydrogen-bond donors (Lipinski definition) is 1. The van der Waals surface area contributed by atoms with Crippen LogP contribution in [0, 0.1) is 5.82 Å². The number of amides is 2. The summed E-state index contributed by atoms with van der Waals surface area (Å²) in [6.07, 6.45) is 5.24. The van der Waals surface area contributed by atoms with Crippen LogP contribution in [0.4, 0.5) is 23.4 Å². The van der Waals surface area contributed by atoms with Crippen LogP contribution < -0.4 is 14.4 Å². The molecule has 0 bridgehead atoms. The van der Waals surface area contributed by atoms with Gasteiger partial charge in [0.25, 0.3) is 5.91 Å². The molecule has 0 unspecified atom stereocenters. The quantitative estimate of drug-likeness (QED) is 0.207. The molecule has 0 saturated carbocycles. The number of nitrogens with one attached hydrogen (secondary N) is 1. The third-order valence-corrected chi connectivity index (χ3v) is 9.50. The molecule has 1 aromatic carbocycles. The fourth-order valence-electron chi connectivity index (χ4n) is 6.74. The number of hydrogen-bond acceptors (Lipinski definition) is 9. The second-order valence-electron chi connectivity index (χ2n) is 12.6. The van der Waals surface area contributed by atoms with Crippen molar-refractivity contribution >= 4 is 34.1 Å². The lowest BCUT2D eigenvalue weighted by Gasteiger charge is -2.35. The van der Waals surface area contributed by atoms with E-state index in [0.29, 0.717) is 47.3 Å². The van der Waals surface area contributed by atoms with Crippen LogP contribution >= 0.6 is 0 Å². The molecule has 53 heavy (non-hydrogen) atoms. The maximum absolute atomic E-state index is 16.7. The van der Waals surface area contributed by atoms with Gasteiger partial charge in [0, 0.05) is 80.8 Å². The minimum absolute atomic E-state index is 0.0204. The van der Waals surface area contributed by atoms with Gasteiger partial charge in [-0.25, -0.2) is 9.37 Å². The average Bonchev–Trinajstić information content (AvgIpc) is 3.88. The van der Waals surface area contributed by atoms with Crippen molar-refractivity contribution < 1.29 is 36.6 Å². The lowest BCUT2D eigenvalue weighted by Crippen LogP contribution is -2.49. The summed E-state index contributed by atoms with van der Waals surface area (Å²) < 4.78 is 68.9. The number of aromatic amines is 1. The summed E-state index contributed by atoms with van der Waals surface area (Å²) in [4.78, 5) is 43.4. The van der Waals surface area contributed by atoms with E-state index in [-0.39, 0.29) is 79.3 Å². The smallest absolute Gasteiger partial charge is 0.418 e. The zero-order valence-electron chi connectivity index (χ0n) is 28.9. The molecule has 7 rings (SSSR count). The second-order valence-corrected chi connectivity index (χ2v) is 12.6. The standard InChI is InChI=1S/C36H35F4N9O4/c1-52-29-16-23(36(38,39)40)19-42-34(29)46-12-14-47(15-13-46)35(51)28-18-27-26(24-5-7-41-20-30(24)53-2)17-25(32(37)33(27)44-28)22-4-3-9-48(21-22)31(50)6-10-49-11-8-43-45-49/h4-5,7-8,11,16-20,44H,3,6,9-10,12-15,21H2,1-2H3. The topological polar surface area (TPSA) is 135 Å². The zero-order valence-corrected chi connectivity index (χ0v) is 28.9. The fourth-order valence-corrected chi connectivity index (χ4v) is 6.74. The Kier molecular flexibility index (Phi) is 9.72. The van der Waals surface area contributed by atoms with Crippen molar-refractivity contribution in [3.8, 4) is 22.6 Å². The average molecular weight is 734 g/mol. The number of fused-ring (bicyclic) bond motifs is 1. The van der Waals surface area contributed by atoms with Gasteiger partial charge in [-0.3, -0.25) is 19.3 Å². The largest absolute Gasteiger partial charge is 0.494 e. The molecule has 0 spiro atoms. The molecular formula is C36H35F4N9O4. The molecule has 1 fully saturated rings. The van der Waals surface area contributed by atoms with E-state index in [0.717, 1.165) is 12.3 Å². The van der Waals surface area contributed by atoms with Gasteiger partial charge in [0.15, 0.2) is 17.4 Å². The number of alkyl halides is 3. The van der Waals surface area contributed by atoms with Crippen LogP contribution in [-0.2, 0) is 17.5 Å². The van der Waals surface area contributed by atoms with Gasteiger partial charge < -0.3 is 29.2 Å². The molecule has 0 aliphatic carbocycles. The third-order valence-electron chi connectivity index (χ3n) is 9.50. The summed E-state index contributed by atoms with van der Waals surface area (Å²) in [6.45, 7) is 2.07. The molecule has 2 aliphatic rings. The van der Waals surface area contributed by atoms with Crippen LogP contribution in [0.2, 0.25) is 0 Å². The van der Waals surface area contributed by atoms with E-state index in [4.69, 9.17) is 9.47 Å². The minimum atomic E-state index is -4.57. The Morgan fingerprint density at radius 2 is 1.72 bits per heavy atom. The number of aryl methyl sites for hydroxylation is 1. The van der Waals surface area contributed by atoms with E-state index in [2.05, 4.69) is 25.3 Å². The first-order chi connectivity index (χ1) is 25.5. The maximum Gasteiger partial charge on any atom is 0.418 e. The zero-order chi connectivity index (χ0) is 37.3. The van der Waals surface area contributed by atoms with Gasteiger partial charge in [0.2, 0.25) is 5.91 Å². The van der Waals surface area contributed by atoms with Crippen molar-refractivity contribution in [3.05, 3.63) is 84.0 Å². The number of nitrogens with zero attached hydrogens (tertiary/aromatic N) is 8. The number of H-pyrrole nitrogens is 1. The van der Waals surface area contributed by atoms with Gasteiger partial charge in [-0.15, -0.1) is 5.10 Å². The lowest BCUT2D eigenvalue weighted by atomic mass is 9.93. The van der Waals surface area contributed by atoms with Crippen molar-refractivity contribution in [1.82, 2.24) is 39.7 Å². The van der Waals surface area contributed by atoms with E-state index in [1.807, 2.05) is 6.08 Å². The van der Waals surface area contributed by atoms with Gasteiger partial charge in [-0.05, 0) is 41.8 Å². The molecule has 1 N–H and O–H groups in total. The molecular weight excluding hydrogens is 698 g/mol. The van der Waals surface area contributed by atoms with E-state index >= 15 is 4.39 Å². The Morgan fingerprint density at radius 3 is 2.43 bits per heavy atom. The van der Waals surface area contributed by atoms with Crippen molar-refractivity contribution in [2.24, 2.45) is 0 Å². The highest BCUT2D eigenvalue weighted by Gasteiger charge is 2.34. The van der Waals surface area contributed by atoms with Crippen molar-refractivity contribution in [1.29, 1.82) is 0 Å². The predicted molar refractivity (Wildman–Crippen MR) is 186 cm³/mol. The second kappa shape index (κ2) is 14.6. The Hall–Kier alpha value is -6.00. The number of rotatable bonds is 9. The lowest BCUT2D eigenvalue weighted by molar-refractivity contribution is -0.138. The monoisotopic (exact) mass is 733 g/mol. The summed E-state index contributed by atoms with van der Waals surface area (Å²) in [5.41, 5.74) is 1.51. The molecule has 4 aromatic heterocycles. The molecule has 2 aliphatic heterocycles. The minimum Gasteiger partial charge on any atom is -0.494 e. The Labute approximate surface area is 300 Å². The molecule has 5 aromatic rings. The molecule has 0 atom stereocenters. The normalized spacial score (nSPS) is 15.1. The number of carbonyl (C=O) groups is 2. The first kappa shape index (κ1) is 35.4. The van der Waals surface area contributed by atoms with Crippen molar-refractivity contribution in [2.45, 2.75) is 25.6 Å². The van der Waals surface area contributed by atoms with Gasteiger partial charge in [-0.1, -0.05) is 11.3 Å². The highest BCUT2D eigenvalue weighted by atomic mass is 19.4. The first-order valence-electron chi connectivity index (χ1n) is 16.9. The summed E-state index contributed by atoms with van der Waals surface area (Å²) in [5.74, 6) is -0.355. The van der Waals surface area contributed by atoms with Crippen LogP contribution in [-0.4, -0.2) is 105 Å². The van der Waals surface area contributed by atoms with Crippen molar-refractivity contribution in [3.63, 3.8) is 0 Å². The number of carbonyl (C=O) groups excluding carboxylic acids is 2. The van der Waals surface area contributed by atoms with E-state index in [1.54, 1.807) is 62.4 Å². The molecule has 13 nitrogen and oxygen atoms in total. The number of pyridine rings is 2. The van der Waals surface area contributed by atoms with Crippen LogP contribution in [0.1, 0.15) is 34.5 Å². The number of piperazine rings is 1. The van der Waals surface area contributed by atoms with Crippen LogP contribution in [0.15, 0.2) is 61.3 Å². The van der Waals surface area contributed by atoms with Crippen LogP contribution in [0.25, 0.3) is 27.6 Å². The van der Waals surface area contributed by atoms with Gasteiger partial charge in [0.1, 0.15) is 11.4 Å². The molecule has 0 radical (unpaired) electrons. The number of benzene rings is 1. The first-order valence-corrected chi connectivity index (χ1v) is 16.9.